The molecule has 2 nitrogen and oxygen atoms in total. The Labute approximate surface area is 174 Å². The topological polar surface area (TPSA) is 24.9 Å². The highest BCUT2D eigenvalue weighted by Gasteiger charge is 2.05. The first-order valence-electron chi connectivity index (χ1n) is 11.0. The second-order valence-corrected chi connectivity index (χ2v) is 7.92. The molecule has 1 heterocycles. The van der Waals surface area contributed by atoms with Crippen molar-refractivity contribution in [1.29, 1.82) is 0 Å². The lowest BCUT2D eigenvalue weighted by molar-refractivity contribution is 0.607. The number of nitrogens with one attached hydrogen (secondary N) is 1. The molecule has 4 aromatic rings. The van der Waals surface area contributed by atoms with E-state index in [0.29, 0.717) is 0 Å². The van der Waals surface area contributed by atoms with E-state index in [-0.39, 0.29) is 0 Å². The highest BCUT2D eigenvalue weighted by molar-refractivity contribution is 6.04. The lowest BCUT2D eigenvalue weighted by atomic mass is 10.0. The predicted octanol–water partition coefficient (Wildman–Crippen LogP) is 8.03. The number of benzene rings is 3. The van der Waals surface area contributed by atoms with E-state index in [4.69, 9.17) is 0 Å². The summed E-state index contributed by atoms with van der Waals surface area (Å²) in [5, 5.41) is 8.57. The predicted molar refractivity (Wildman–Crippen MR) is 126 cm³/mol. The monoisotopic (exact) mass is 382 g/mol. The summed E-state index contributed by atoms with van der Waals surface area (Å²) in [6.45, 7) is 2.27. The van der Waals surface area contributed by atoms with Crippen LogP contribution in [0.1, 0.15) is 51.0 Å². The summed E-state index contributed by atoms with van der Waals surface area (Å²) >= 11 is 0. The van der Waals surface area contributed by atoms with Gasteiger partial charge in [0.25, 0.3) is 0 Å². The Morgan fingerprint density at radius 2 is 1.48 bits per heavy atom. The Morgan fingerprint density at radius 1 is 0.724 bits per heavy atom. The molecule has 0 radical (unpaired) electrons. The lowest BCUT2D eigenvalue weighted by Gasteiger charge is -2.11. The SMILES string of the molecule is CCCCCCCCc1ccnc(Nc2cccc3cc4ccccc4cc23)c1. The van der Waals surface area contributed by atoms with E-state index in [9.17, 15) is 0 Å². The molecular weight excluding hydrogens is 352 g/mol. The van der Waals surface area contributed by atoms with Crippen LogP contribution >= 0.6 is 0 Å². The number of hydrogen-bond acceptors (Lipinski definition) is 2. The maximum absolute atomic E-state index is 4.56. The van der Waals surface area contributed by atoms with Crippen molar-refractivity contribution in [1.82, 2.24) is 4.98 Å². The fraction of sp³-hybridized carbons (Fsp3) is 0.296. The van der Waals surface area contributed by atoms with Crippen molar-refractivity contribution in [2.24, 2.45) is 0 Å². The maximum atomic E-state index is 4.56. The minimum atomic E-state index is 0.925. The van der Waals surface area contributed by atoms with Gasteiger partial charge in [0.05, 0.1) is 0 Å². The number of unbranched alkanes of at least 4 members (excludes halogenated alkanes) is 5. The van der Waals surface area contributed by atoms with Crippen molar-refractivity contribution < 1.29 is 0 Å². The molecule has 0 aliphatic carbocycles. The average molecular weight is 383 g/mol. The van der Waals surface area contributed by atoms with Crippen LogP contribution in [0.3, 0.4) is 0 Å². The number of fused-ring (bicyclic) bond motifs is 2. The van der Waals surface area contributed by atoms with E-state index in [1.165, 1.54) is 65.6 Å². The van der Waals surface area contributed by atoms with Gasteiger partial charge in [-0.3, -0.25) is 0 Å². The van der Waals surface area contributed by atoms with Crippen molar-refractivity contribution in [3.63, 3.8) is 0 Å². The van der Waals surface area contributed by atoms with Crippen molar-refractivity contribution >= 4 is 33.1 Å². The summed E-state index contributed by atoms with van der Waals surface area (Å²) in [5.74, 6) is 0.925. The third-order valence-electron chi connectivity index (χ3n) is 5.65. The minimum Gasteiger partial charge on any atom is -0.340 e. The highest BCUT2D eigenvalue weighted by atomic mass is 15.0. The molecule has 0 spiro atoms. The summed E-state index contributed by atoms with van der Waals surface area (Å²) in [7, 11) is 0. The number of nitrogens with zero attached hydrogens (tertiary/aromatic N) is 1. The first-order valence-corrected chi connectivity index (χ1v) is 11.0. The summed E-state index contributed by atoms with van der Waals surface area (Å²) in [4.78, 5) is 4.56. The third kappa shape index (κ3) is 4.95. The number of aryl methyl sites for hydroxylation is 1. The smallest absolute Gasteiger partial charge is 0.130 e. The van der Waals surface area contributed by atoms with E-state index < -0.39 is 0 Å². The van der Waals surface area contributed by atoms with Gasteiger partial charge >= 0.3 is 0 Å². The van der Waals surface area contributed by atoms with Gasteiger partial charge in [0.15, 0.2) is 0 Å². The summed E-state index contributed by atoms with van der Waals surface area (Å²) in [5.41, 5.74) is 2.47. The van der Waals surface area contributed by atoms with Crippen LogP contribution in [0.2, 0.25) is 0 Å². The van der Waals surface area contributed by atoms with E-state index in [0.717, 1.165) is 17.9 Å². The van der Waals surface area contributed by atoms with Crippen LogP contribution in [0.5, 0.6) is 0 Å². The Kier molecular flexibility index (Phi) is 6.41. The fourth-order valence-corrected chi connectivity index (χ4v) is 4.02. The molecule has 0 unspecified atom stereocenters. The first-order chi connectivity index (χ1) is 14.3. The molecule has 3 aromatic carbocycles. The van der Waals surface area contributed by atoms with Crippen LogP contribution in [-0.2, 0) is 6.42 Å². The normalized spacial score (nSPS) is 11.2. The van der Waals surface area contributed by atoms with E-state index in [1.807, 2.05) is 6.20 Å². The van der Waals surface area contributed by atoms with Crippen molar-refractivity contribution in [3.05, 3.63) is 78.5 Å². The van der Waals surface area contributed by atoms with Gasteiger partial charge in [-0.15, -0.1) is 0 Å². The quantitative estimate of drug-likeness (QED) is 0.234. The number of pyridine rings is 1. The zero-order valence-corrected chi connectivity index (χ0v) is 17.3. The maximum Gasteiger partial charge on any atom is 0.130 e. The average Bonchev–Trinajstić information content (AvgIpc) is 2.75. The Hall–Kier alpha value is -2.87. The van der Waals surface area contributed by atoms with Gasteiger partial charge in [0.2, 0.25) is 0 Å². The number of hydrogen-bond donors (Lipinski definition) is 1. The fourth-order valence-electron chi connectivity index (χ4n) is 4.02. The molecule has 0 saturated heterocycles. The molecule has 0 amide bonds. The standard InChI is InChI=1S/C27H30N2/c1-2-3-4-5-6-7-11-21-16-17-28-27(18-21)29-26-15-10-14-24-19-22-12-8-9-13-23(22)20-25(24)26/h8-10,12-20H,2-7,11H2,1H3,(H,28,29). The molecule has 0 fully saturated rings. The van der Waals surface area contributed by atoms with Gasteiger partial charge in [-0.2, -0.15) is 0 Å². The Morgan fingerprint density at radius 3 is 2.34 bits per heavy atom. The zero-order valence-electron chi connectivity index (χ0n) is 17.3. The summed E-state index contributed by atoms with van der Waals surface area (Å²) < 4.78 is 0. The second kappa shape index (κ2) is 9.56. The molecule has 1 N–H and O–H groups in total. The molecule has 4 rings (SSSR count). The van der Waals surface area contributed by atoms with Crippen LogP contribution in [-0.4, -0.2) is 4.98 Å². The van der Waals surface area contributed by atoms with Crippen molar-refractivity contribution in [2.45, 2.75) is 51.9 Å². The minimum absolute atomic E-state index is 0.925. The second-order valence-electron chi connectivity index (χ2n) is 7.92. The molecule has 0 aliphatic heterocycles. The third-order valence-corrected chi connectivity index (χ3v) is 5.65. The molecule has 29 heavy (non-hydrogen) atoms. The Bertz CT molecular complexity index is 1080. The van der Waals surface area contributed by atoms with E-state index >= 15 is 0 Å². The molecular formula is C27H30N2. The van der Waals surface area contributed by atoms with Gasteiger partial charge in [0.1, 0.15) is 5.82 Å². The summed E-state index contributed by atoms with van der Waals surface area (Å²) in [6.07, 6.45) is 11.0. The molecule has 0 bridgehead atoms. The van der Waals surface area contributed by atoms with Gasteiger partial charge in [-0.25, -0.2) is 4.98 Å². The van der Waals surface area contributed by atoms with Crippen molar-refractivity contribution in [3.8, 4) is 0 Å². The number of rotatable bonds is 9. The molecule has 0 atom stereocenters. The molecule has 2 heteroatoms. The van der Waals surface area contributed by atoms with Gasteiger partial charge in [-0.05, 0) is 64.9 Å². The Balaban J connectivity index is 1.49. The van der Waals surface area contributed by atoms with Crippen molar-refractivity contribution in [2.75, 3.05) is 5.32 Å². The first kappa shape index (κ1) is 19.4. The number of anilines is 2. The summed E-state index contributed by atoms with van der Waals surface area (Å²) in [6, 6.07) is 23.8. The van der Waals surface area contributed by atoms with Crippen LogP contribution in [0.25, 0.3) is 21.5 Å². The lowest BCUT2D eigenvalue weighted by Crippen LogP contribution is -1.96. The molecule has 0 saturated carbocycles. The zero-order chi connectivity index (χ0) is 19.9. The van der Waals surface area contributed by atoms with Gasteiger partial charge in [0, 0.05) is 17.3 Å². The molecule has 0 aliphatic rings. The highest BCUT2D eigenvalue weighted by Crippen LogP contribution is 2.30. The molecule has 1 aromatic heterocycles. The largest absolute Gasteiger partial charge is 0.340 e. The van der Waals surface area contributed by atoms with Crippen LogP contribution in [0.4, 0.5) is 11.5 Å². The van der Waals surface area contributed by atoms with Gasteiger partial charge in [-0.1, -0.05) is 75.4 Å². The van der Waals surface area contributed by atoms with Gasteiger partial charge < -0.3 is 5.32 Å². The van der Waals surface area contributed by atoms with Crippen LogP contribution < -0.4 is 5.32 Å². The van der Waals surface area contributed by atoms with Crippen LogP contribution in [0.15, 0.2) is 72.9 Å². The van der Waals surface area contributed by atoms with Crippen LogP contribution in [0, 0.1) is 0 Å². The van der Waals surface area contributed by atoms with E-state index in [1.54, 1.807) is 0 Å². The number of aromatic nitrogens is 1. The molecule has 148 valence electrons. The van der Waals surface area contributed by atoms with E-state index in [2.05, 4.69) is 84.0 Å².